The van der Waals surface area contributed by atoms with Crippen LogP contribution in [0, 0.1) is 0 Å². The Kier molecular flexibility index (Phi) is 7.22. The van der Waals surface area contributed by atoms with E-state index in [-0.39, 0.29) is 26.4 Å². The van der Waals surface area contributed by atoms with E-state index in [2.05, 4.69) is 0 Å². The van der Waals surface area contributed by atoms with E-state index in [1.165, 1.54) is 0 Å². The van der Waals surface area contributed by atoms with E-state index in [1.54, 1.807) is 48.5 Å². The van der Waals surface area contributed by atoms with Gasteiger partial charge in [-0.25, -0.2) is 9.59 Å². The Labute approximate surface area is 161 Å². The number of benzene rings is 2. The number of carbonyl (C=O) groups excluding carboxylic acids is 2. The molecule has 0 saturated carbocycles. The zero-order chi connectivity index (χ0) is 19.6. The molecule has 0 radical (unpaired) electrons. The molecule has 0 bridgehead atoms. The summed E-state index contributed by atoms with van der Waals surface area (Å²) < 4.78 is 31.6. The zero-order valence-corrected chi connectivity index (χ0v) is 15.0. The van der Waals surface area contributed by atoms with Crippen LogP contribution in [0.4, 0.5) is 0 Å². The van der Waals surface area contributed by atoms with Crippen molar-refractivity contribution in [3.8, 4) is 11.5 Å². The largest absolute Gasteiger partial charge is 0.482 e. The first-order valence-electron chi connectivity index (χ1n) is 8.68. The molecule has 1 fully saturated rings. The maximum absolute atomic E-state index is 12.0. The summed E-state index contributed by atoms with van der Waals surface area (Å²) in [5, 5.41) is 0. The van der Waals surface area contributed by atoms with Crippen LogP contribution in [0.2, 0.25) is 0 Å². The number of hydrogen-bond acceptors (Lipinski definition) is 8. The van der Waals surface area contributed by atoms with Gasteiger partial charge >= 0.3 is 11.9 Å². The molecule has 1 heterocycles. The van der Waals surface area contributed by atoms with E-state index < -0.39 is 24.5 Å². The Hall–Kier alpha value is -3.10. The molecule has 0 amide bonds. The average Bonchev–Trinajstić information content (AvgIpc) is 2.74. The Balaban J connectivity index is 1.45. The lowest BCUT2D eigenvalue weighted by atomic mass is 10.3. The smallest absolute Gasteiger partial charge is 0.346 e. The Morgan fingerprint density at radius 3 is 1.50 bits per heavy atom. The lowest BCUT2D eigenvalue weighted by molar-refractivity contribution is -0.303. The number of carbonyl (C=O) groups is 2. The van der Waals surface area contributed by atoms with Crippen molar-refractivity contribution in [3.63, 3.8) is 0 Å². The van der Waals surface area contributed by atoms with Gasteiger partial charge in [-0.3, -0.25) is 0 Å². The summed E-state index contributed by atoms with van der Waals surface area (Å²) in [6.45, 7) is -0.235. The second kappa shape index (κ2) is 10.3. The molecule has 1 aliphatic rings. The van der Waals surface area contributed by atoms with E-state index in [4.69, 9.17) is 28.4 Å². The van der Waals surface area contributed by atoms with Gasteiger partial charge in [0.2, 0.25) is 0 Å². The van der Waals surface area contributed by atoms with Gasteiger partial charge in [-0.2, -0.15) is 0 Å². The van der Waals surface area contributed by atoms with Crippen molar-refractivity contribution in [3.05, 3.63) is 60.7 Å². The first-order valence-corrected chi connectivity index (χ1v) is 8.68. The van der Waals surface area contributed by atoms with Gasteiger partial charge in [0.25, 0.3) is 12.6 Å². The fourth-order valence-corrected chi connectivity index (χ4v) is 2.31. The molecule has 2 atom stereocenters. The van der Waals surface area contributed by atoms with E-state index >= 15 is 0 Å². The average molecular weight is 388 g/mol. The number of rotatable bonds is 8. The van der Waals surface area contributed by atoms with Crippen molar-refractivity contribution in [2.75, 3.05) is 26.4 Å². The number of hydrogen-bond donors (Lipinski definition) is 0. The minimum Gasteiger partial charge on any atom is -0.482 e. The van der Waals surface area contributed by atoms with E-state index in [0.29, 0.717) is 11.5 Å². The Bertz CT molecular complexity index is 684. The predicted octanol–water partition coefficient (Wildman–Crippen LogP) is 1.93. The number of para-hydroxylation sites is 2. The van der Waals surface area contributed by atoms with Gasteiger partial charge in [-0.1, -0.05) is 36.4 Å². The second-order valence-corrected chi connectivity index (χ2v) is 5.66. The summed E-state index contributed by atoms with van der Waals surface area (Å²) >= 11 is 0. The Morgan fingerprint density at radius 2 is 1.11 bits per heavy atom. The Morgan fingerprint density at radius 1 is 0.714 bits per heavy atom. The highest BCUT2D eigenvalue weighted by Crippen LogP contribution is 2.15. The first kappa shape index (κ1) is 19.7. The van der Waals surface area contributed by atoms with Crippen molar-refractivity contribution in [1.82, 2.24) is 0 Å². The molecule has 0 aromatic heterocycles. The highest BCUT2D eigenvalue weighted by molar-refractivity contribution is 5.72. The zero-order valence-electron chi connectivity index (χ0n) is 15.0. The fourth-order valence-electron chi connectivity index (χ4n) is 2.31. The van der Waals surface area contributed by atoms with E-state index in [0.717, 1.165) is 0 Å². The minimum atomic E-state index is -1.18. The molecular weight excluding hydrogens is 368 g/mol. The van der Waals surface area contributed by atoms with Crippen LogP contribution >= 0.6 is 0 Å². The van der Waals surface area contributed by atoms with Gasteiger partial charge in [-0.05, 0) is 24.3 Å². The van der Waals surface area contributed by atoms with Crippen LogP contribution < -0.4 is 9.47 Å². The molecule has 0 N–H and O–H groups in total. The van der Waals surface area contributed by atoms with Gasteiger partial charge in [0.05, 0.1) is 13.2 Å². The van der Waals surface area contributed by atoms with E-state index in [1.807, 2.05) is 12.1 Å². The van der Waals surface area contributed by atoms with Crippen LogP contribution in [-0.4, -0.2) is 50.9 Å². The summed E-state index contributed by atoms with van der Waals surface area (Å²) in [6, 6.07) is 17.7. The van der Waals surface area contributed by atoms with Crippen LogP contribution in [0.3, 0.4) is 0 Å². The lowest BCUT2D eigenvalue weighted by Crippen LogP contribution is -2.45. The van der Waals surface area contributed by atoms with Crippen LogP contribution in [0.15, 0.2) is 60.7 Å². The van der Waals surface area contributed by atoms with Gasteiger partial charge < -0.3 is 28.4 Å². The van der Waals surface area contributed by atoms with Crippen molar-refractivity contribution in [1.29, 1.82) is 0 Å². The third-order valence-corrected chi connectivity index (χ3v) is 3.56. The normalized spacial score (nSPS) is 18.7. The lowest BCUT2D eigenvalue weighted by Gasteiger charge is -2.30. The topological polar surface area (TPSA) is 89.5 Å². The highest BCUT2D eigenvalue weighted by atomic mass is 16.8. The standard InChI is InChI=1S/C20H20O8/c21-17(13-25-15-7-3-1-4-8-15)27-19-20(24-12-11-23-19)28-18(22)14-26-16-9-5-2-6-10-16/h1-10,19-20H,11-14H2/t19-,20+. The second-order valence-electron chi connectivity index (χ2n) is 5.66. The van der Waals surface area contributed by atoms with Gasteiger partial charge in [0.1, 0.15) is 11.5 Å². The molecule has 28 heavy (non-hydrogen) atoms. The molecule has 0 unspecified atom stereocenters. The molecule has 8 nitrogen and oxygen atoms in total. The molecule has 3 rings (SSSR count). The monoisotopic (exact) mass is 388 g/mol. The number of esters is 2. The van der Waals surface area contributed by atoms with Crippen molar-refractivity contribution in [2.24, 2.45) is 0 Å². The summed E-state index contributed by atoms with van der Waals surface area (Å²) in [7, 11) is 0. The first-order chi connectivity index (χ1) is 13.7. The van der Waals surface area contributed by atoms with Gasteiger partial charge in [0.15, 0.2) is 13.2 Å². The molecule has 8 heteroatoms. The molecule has 1 saturated heterocycles. The number of ether oxygens (including phenoxy) is 6. The fraction of sp³-hybridized carbons (Fsp3) is 0.300. The van der Waals surface area contributed by atoms with Crippen molar-refractivity contribution < 1.29 is 38.0 Å². The molecule has 2 aromatic carbocycles. The molecule has 1 aliphatic heterocycles. The van der Waals surface area contributed by atoms with Crippen LogP contribution in [-0.2, 0) is 28.5 Å². The molecular formula is C20H20O8. The quantitative estimate of drug-likeness (QED) is 0.634. The van der Waals surface area contributed by atoms with E-state index in [9.17, 15) is 9.59 Å². The van der Waals surface area contributed by atoms with Crippen LogP contribution in [0.5, 0.6) is 11.5 Å². The predicted molar refractivity (Wildman–Crippen MR) is 95.5 cm³/mol. The third kappa shape index (κ3) is 6.26. The molecule has 0 spiro atoms. The SMILES string of the molecule is O=C(COc1ccccc1)O[C@H]1OCCO[C@H]1OC(=O)COc1ccccc1. The van der Waals surface area contributed by atoms with Crippen LogP contribution in [0.1, 0.15) is 0 Å². The van der Waals surface area contributed by atoms with Gasteiger partial charge in [-0.15, -0.1) is 0 Å². The molecule has 148 valence electrons. The van der Waals surface area contributed by atoms with Crippen molar-refractivity contribution >= 4 is 11.9 Å². The van der Waals surface area contributed by atoms with Crippen LogP contribution in [0.25, 0.3) is 0 Å². The summed E-state index contributed by atoms with van der Waals surface area (Å²) in [5.41, 5.74) is 0. The van der Waals surface area contributed by atoms with Gasteiger partial charge in [0, 0.05) is 0 Å². The minimum absolute atomic E-state index is 0.200. The maximum atomic E-state index is 12.0. The highest BCUT2D eigenvalue weighted by Gasteiger charge is 2.34. The third-order valence-electron chi connectivity index (χ3n) is 3.56. The maximum Gasteiger partial charge on any atom is 0.346 e. The van der Waals surface area contributed by atoms with Crippen molar-refractivity contribution in [2.45, 2.75) is 12.6 Å². The molecule has 0 aliphatic carbocycles. The summed E-state index contributed by atoms with van der Waals surface area (Å²) in [4.78, 5) is 24.0. The molecule has 2 aromatic rings. The summed E-state index contributed by atoms with van der Waals surface area (Å²) in [5.74, 6) is -0.301. The summed E-state index contributed by atoms with van der Waals surface area (Å²) in [6.07, 6.45) is -2.36.